The van der Waals surface area contributed by atoms with Gasteiger partial charge in [0.25, 0.3) is 0 Å². The number of nitrogen functional groups attached to an aromatic ring is 1. The number of nitrogens with one attached hydrogen (secondary N) is 3. The highest BCUT2D eigenvalue weighted by Gasteiger charge is 2.23. The van der Waals surface area contributed by atoms with Gasteiger partial charge in [-0.25, -0.2) is 14.4 Å². The minimum atomic E-state index is -1.31. The predicted molar refractivity (Wildman–Crippen MR) is 155 cm³/mol. The molecule has 0 radical (unpaired) electrons. The van der Waals surface area contributed by atoms with Crippen molar-refractivity contribution in [1.29, 1.82) is 10.8 Å². The van der Waals surface area contributed by atoms with Crippen molar-refractivity contribution in [3.8, 4) is 11.3 Å². The average molecular weight is 553 g/mol. The molecular formula is C26H41FN6O4S. The van der Waals surface area contributed by atoms with Gasteiger partial charge in [-0.3, -0.25) is 15.0 Å². The third-order valence-corrected chi connectivity index (χ3v) is 7.05. The Labute approximate surface area is 229 Å². The van der Waals surface area contributed by atoms with E-state index in [1.165, 1.54) is 18.3 Å². The number of nitrogens with zero attached hydrogens (tertiary/aromatic N) is 2. The maximum atomic E-state index is 14.5. The van der Waals surface area contributed by atoms with Crippen LogP contribution in [0.15, 0.2) is 53.6 Å². The number of aromatic nitrogens is 2. The standard InChI is InChI=1S/C26H31FN6O3S.H2O.4H2/c1-15(12-26(2,3)34)37(35)18-8-6-17(7-9-18)21-14-32-23(28)22(33-21)25(30)36-24(29)19-10-5-16(13-31-4)11-20(19)27;;;;;/h5-11,14-15,29-31,34H,12-13H2,1-4H3,(H2,28,32);1H2;4*1H. The Morgan fingerprint density at radius 2 is 1.89 bits per heavy atom. The third-order valence-electron chi connectivity index (χ3n) is 5.41. The van der Waals surface area contributed by atoms with E-state index in [0.717, 1.165) is 0 Å². The topological polar surface area (TPSA) is 190 Å². The molecule has 0 saturated carbocycles. The summed E-state index contributed by atoms with van der Waals surface area (Å²) < 4.78 is 32.5. The fourth-order valence-electron chi connectivity index (χ4n) is 3.74. The summed E-state index contributed by atoms with van der Waals surface area (Å²) in [6.45, 7) is 5.66. The number of ether oxygens (including phenoxy) is 1. The van der Waals surface area contributed by atoms with E-state index in [2.05, 4.69) is 15.3 Å². The third kappa shape index (κ3) is 7.71. The second-order valence-corrected chi connectivity index (χ2v) is 11.1. The zero-order chi connectivity index (χ0) is 27.3. The van der Waals surface area contributed by atoms with Crippen molar-refractivity contribution in [3.05, 3.63) is 71.3 Å². The number of aliphatic hydroxyl groups is 1. The summed E-state index contributed by atoms with van der Waals surface area (Å²) in [5.41, 5.74) is 6.51. The van der Waals surface area contributed by atoms with E-state index in [0.29, 0.717) is 34.7 Å². The second-order valence-electron chi connectivity index (χ2n) is 9.24. The summed E-state index contributed by atoms with van der Waals surface area (Å²) in [5, 5.41) is 29.1. The Morgan fingerprint density at radius 1 is 1.24 bits per heavy atom. The Kier molecular flexibility index (Phi) is 10.3. The van der Waals surface area contributed by atoms with Gasteiger partial charge in [-0.05, 0) is 57.1 Å². The van der Waals surface area contributed by atoms with Gasteiger partial charge in [0, 0.05) is 28.0 Å². The fraction of sp³-hybridized carbons (Fsp3) is 0.308. The maximum Gasteiger partial charge on any atom is 0.243 e. The Morgan fingerprint density at radius 3 is 2.47 bits per heavy atom. The summed E-state index contributed by atoms with van der Waals surface area (Å²) in [7, 11) is 0.431. The van der Waals surface area contributed by atoms with Gasteiger partial charge in [0.2, 0.25) is 11.8 Å². The van der Waals surface area contributed by atoms with E-state index in [1.54, 1.807) is 51.2 Å². The molecule has 2 atom stereocenters. The van der Waals surface area contributed by atoms with Crippen LogP contribution >= 0.6 is 0 Å². The molecule has 0 bridgehead atoms. The smallest absolute Gasteiger partial charge is 0.243 e. The molecule has 0 aliphatic carbocycles. The highest BCUT2D eigenvalue weighted by atomic mass is 32.2. The van der Waals surface area contributed by atoms with Crippen LogP contribution in [0, 0.1) is 16.6 Å². The van der Waals surface area contributed by atoms with Crippen LogP contribution in [0.5, 0.6) is 0 Å². The molecule has 0 aliphatic heterocycles. The number of hydrogen-bond donors (Lipinski definition) is 5. The lowest BCUT2D eigenvalue weighted by atomic mass is 10.0. The molecule has 38 heavy (non-hydrogen) atoms. The number of anilines is 1. The number of rotatable bonds is 9. The Hall–Kier alpha value is -3.58. The molecule has 0 aliphatic rings. The van der Waals surface area contributed by atoms with Gasteiger partial charge in [-0.15, -0.1) is 0 Å². The van der Waals surface area contributed by atoms with Crippen molar-refractivity contribution in [2.24, 2.45) is 0 Å². The van der Waals surface area contributed by atoms with Crippen molar-refractivity contribution in [1.82, 2.24) is 15.3 Å². The molecule has 0 spiro atoms. The molecule has 0 fully saturated rings. The molecule has 212 valence electrons. The van der Waals surface area contributed by atoms with E-state index >= 15 is 0 Å². The molecule has 10 nitrogen and oxygen atoms in total. The van der Waals surface area contributed by atoms with Crippen LogP contribution < -0.4 is 11.1 Å². The predicted octanol–water partition coefficient (Wildman–Crippen LogP) is 3.77. The van der Waals surface area contributed by atoms with Gasteiger partial charge in [0.15, 0.2) is 11.5 Å². The van der Waals surface area contributed by atoms with E-state index in [1.807, 2.05) is 6.92 Å². The molecule has 8 N–H and O–H groups in total. The van der Waals surface area contributed by atoms with Gasteiger partial charge in [0.1, 0.15) is 5.82 Å². The maximum absolute atomic E-state index is 14.5. The number of hydrogen-bond acceptors (Lipinski definition) is 9. The molecule has 0 saturated heterocycles. The van der Waals surface area contributed by atoms with Crippen molar-refractivity contribution < 1.29 is 29.6 Å². The first-order valence-electron chi connectivity index (χ1n) is 11.5. The molecule has 1 aromatic heterocycles. The van der Waals surface area contributed by atoms with E-state index in [9.17, 15) is 13.7 Å². The zero-order valence-electron chi connectivity index (χ0n) is 21.6. The fourth-order valence-corrected chi connectivity index (χ4v) is 5.17. The highest BCUT2D eigenvalue weighted by Crippen LogP contribution is 2.24. The van der Waals surface area contributed by atoms with Crippen LogP contribution in [0.25, 0.3) is 11.3 Å². The summed E-state index contributed by atoms with van der Waals surface area (Å²) >= 11 is 0. The van der Waals surface area contributed by atoms with E-state index in [4.69, 9.17) is 21.3 Å². The van der Waals surface area contributed by atoms with Gasteiger partial charge in [0.05, 0.1) is 33.9 Å². The molecule has 12 heteroatoms. The van der Waals surface area contributed by atoms with Gasteiger partial charge >= 0.3 is 0 Å². The minimum Gasteiger partial charge on any atom is -0.419 e. The molecule has 3 aromatic rings. The molecule has 0 amide bonds. The Balaban J connectivity index is -0.00000304. The molecular weight excluding hydrogens is 511 g/mol. The Bertz CT molecular complexity index is 1350. The first-order chi connectivity index (χ1) is 17.4. The summed E-state index contributed by atoms with van der Waals surface area (Å²) in [6.07, 6.45) is 1.82. The van der Waals surface area contributed by atoms with Crippen LogP contribution in [0.4, 0.5) is 10.2 Å². The van der Waals surface area contributed by atoms with Gasteiger partial charge in [-0.1, -0.05) is 25.1 Å². The zero-order valence-corrected chi connectivity index (χ0v) is 22.4. The largest absolute Gasteiger partial charge is 0.419 e. The molecule has 3 rings (SSSR count). The number of halogens is 1. The highest BCUT2D eigenvalue weighted by molar-refractivity contribution is 7.85. The van der Waals surface area contributed by atoms with Crippen LogP contribution in [0.1, 0.15) is 49.7 Å². The number of benzene rings is 2. The average Bonchev–Trinajstić information content (AvgIpc) is 2.83. The molecule has 2 unspecified atom stereocenters. The summed E-state index contributed by atoms with van der Waals surface area (Å²) in [4.78, 5) is 9.06. The normalized spacial score (nSPS) is 12.8. The van der Waals surface area contributed by atoms with Gasteiger partial charge in [-0.2, -0.15) is 0 Å². The van der Waals surface area contributed by atoms with Crippen LogP contribution in [0.2, 0.25) is 0 Å². The lowest BCUT2D eigenvalue weighted by molar-refractivity contribution is 0.0715. The summed E-state index contributed by atoms with van der Waals surface area (Å²) in [6, 6.07) is 11.2. The van der Waals surface area contributed by atoms with Crippen LogP contribution in [-0.2, 0) is 22.1 Å². The van der Waals surface area contributed by atoms with Crippen molar-refractivity contribution in [2.45, 2.75) is 49.5 Å². The van der Waals surface area contributed by atoms with Crippen molar-refractivity contribution >= 4 is 28.4 Å². The second kappa shape index (κ2) is 12.8. The molecule has 1 heterocycles. The molecule has 2 aromatic carbocycles. The quantitative estimate of drug-likeness (QED) is 0.197. The monoisotopic (exact) mass is 552 g/mol. The first-order valence-corrected chi connectivity index (χ1v) is 12.8. The minimum absolute atomic E-state index is 0. The van der Waals surface area contributed by atoms with Crippen LogP contribution in [-0.4, -0.2) is 54.5 Å². The van der Waals surface area contributed by atoms with Crippen LogP contribution in [0.3, 0.4) is 0 Å². The lowest BCUT2D eigenvalue weighted by Crippen LogP contribution is -2.27. The lowest BCUT2D eigenvalue weighted by Gasteiger charge is -2.21. The number of nitrogens with two attached hydrogens (primary N) is 1. The van der Waals surface area contributed by atoms with Crippen molar-refractivity contribution in [2.75, 3.05) is 12.8 Å². The van der Waals surface area contributed by atoms with Gasteiger partial charge < -0.3 is 26.4 Å². The SMILES string of the molecule is CNCc1ccc(C(=N)OC(=N)c2nc(-c3ccc(S(=O)C(C)CC(C)(C)O)cc3)cnc2N)c(F)c1.O.[HH].[HH].[HH].[HH]. The van der Waals surface area contributed by atoms with E-state index < -0.39 is 34.0 Å². The van der Waals surface area contributed by atoms with Crippen molar-refractivity contribution in [3.63, 3.8) is 0 Å². The summed E-state index contributed by atoms with van der Waals surface area (Å²) in [5.74, 6) is -1.83. The first kappa shape index (κ1) is 30.6. The van der Waals surface area contributed by atoms with E-state index in [-0.39, 0.29) is 33.5 Å².